The van der Waals surface area contributed by atoms with Crippen molar-refractivity contribution in [2.75, 3.05) is 24.5 Å². The van der Waals surface area contributed by atoms with Crippen molar-refractivity contribution < 1.29 is 18.1 Å². The Kier molecular flexibility index (Phi) is 7.14. The smallest absolute Gasteiger partial charge is 0.273 e. The van der Waals surface area contributed by atoms with E-state index >= 15 is 0 Å². The number of piperidine rings is 1. The second kappa shape index (κ2) is 10.2. The molecule has 1 aliphatic heterocycles. The van der Waals surface area contributed by atoms with Crippen LogP contribution in [-0.2, 0) is 16.6 Å². The van der Waals surface area contributed by atoms with Crippen LogP contribution in [0.3, 0.4) is 0 Å². The van der Waals surface area contributed by atoms with Gasteiger partial charge in [0.1, 0.15) is 5.75 Å². The molecule has 9 heteroatoms. The van der Waals surface area contributed by atoms with Gasteiger partial charge in [0.2, 0.25) is 0 Å². The predicted octanol–water partition coefficient (Wildman–Crippen LogP) is 4.46. The lowest BCUT2D eigenvalue weighted by Gasteiger charge is -2.39. The molecule has 34 heavy (non-hydrogen) atoms. The summed E-state index contributed by atoms with van der Waals surface area (Å²) in [5.74, 6) is 0.583. The molecule has 0 bridgehead atoms. The van der Waals surface area contributed by atoms with Crippen LogP contribution in [-0.4, -0.2) is 44.5 Å². The first-order chi connectivity index (χ1) is 16.4. The molecule has 1 saturated heterocycles. The number of sulfonamides is 1. The molecule has 1 fully saturated rings. The van der Waals surface area contributed by atoms with Gasteiger partial charge in [0.25, 0.3) is 15.7 Å². The number of anilines is 1. The lowest BCUT2D eigenvalue weighted by atomic mass is 10.0. The predicted molar refractivity (Wildman–Crippen MR) is 130 cm³/mol. The van der Waals surface area contributed by atoms with Crippen molar-refractivity contribution in [1.29, 1.82) is 0 Å². The average molecular weight is 482 g/mol. The molecular formula is C25H27N3O5S. The number of ether oxygens (including phenoxy) is 1. The summed E-state index contributed by atoms with van der Waals surface area (Å²) < 4.78 is 34.3. The molecule has 0 atom stereocenters. The summed E-state index contributed by atoms with van der Waals surface area (Å²) >= 11 is 0. The molecule has 0 spiro atoms. The quantitative estimate of drug-likeness (QED) is 0.348. The zero-order chi connectivity index (χ0) is 24.1. The number of para-hydroxylation sites is 1. The van der Waals surface area contributed by atoms with Crippen molar-refractivity contribution in [3.05, 3.63) is 94.5 Å². The summed E-state index contributed by atoms with van der Waals surface area (Å²) in [7, 11) is -2.25. The second-order valence-corrected chi connectivity index (χ2v) is 10.0. The molecule has 1 heterocycles. The van der Waals surface area contributed by atoms with E-state index in [1.54, 1.807) is 79.9 Å². The van der Waals surface area contributed by atoms with Crippen molar-refractivity contribution in [1.82, 2.24) is 4.90 Å². The second-order valence-electron chi connectivity index (χ2n) is 8.21. The monoisotopic (exact) mass is 481 g/mol. The molecule has 3 aromatic carbocycles. The molecule has 0 radical (unpaired) electrons. The fourth-order valence-electron chi connectivity index (χ4n) is 4.37. The van der Waals surface area contributed by atoms with Crippen LogP contribution in [0.25, 0.3) is 0 Å². The Morgan fingerprint density at radius 2 is 1.68 bits per heavy atom. The number of methoxy groups -OCH3 is 1. The molecule has 0 N–H and O–H groups in total. The molecule has 1 aliphatic rings. The van der Waals surface area contributed by atoms with Crippen LogP contribution in [0.15, 0.2) is 83.8 Å². The SMILES string of the molecule is COc1cccc(N(C2CCN(Cc3ccccc3[N+](=O)[O-])CC2)S(=O)(=O)c2ccccc2)c1. The minimum atomic E-state index is -3.80. The van der Waals surface area contributed by atoms with E-state index in [-0.39, 0.29) is 21.5 Å². The molecular weight excluding hydrogens is 454 g/mol. The molecule has 0 saturated carbocycles. The number of rotatable bonds is 8. The van der Waals surface area contributed by atoms with Gasteiger partial charge in [0, 0.05) is 43.4 Å². The van der Waals surface area contributed by atoms with E-state index in [4.69, 9.17) is 4.74 Å². The number of likely N-dealkylation sites (tertiary alicyclic amines) is 1. The van der Waals surface area contributed by atoms with Gasteiger partial charge in [-0.2, -0.15) is 0 Å². The number of benzene rings is 3. The summed E-state index contributed by atoms with van der Waals surface area (Å²) in [5, 5.41) is 11.4. The third-order valence-electron chi connectivity index (χ3n) is 6.08. The van der Waals surface area contributed by atoms with E-state index in [0.717, 1.165) is 0 Å². The highest BCUT2D eigenvalue weighted by atomic mass is 32.2. The van der Waals surface area contributed by atoms with Gasteiger partial charge >= 0.3 is 0 Å². The largest absolute Gasteiger partial charge is 0.497 e. The Balaban J connectivity index is 1.58. The third kappa shape index (κ3) is 5.05. The fourth-order valence-corrected chi connectivity index (χ4v) is 6.10. The summed E-state index contributed by atoms with van der Waals surface area (Å²) in [6.07, 6.45) is 1.20. The maximum absolute atomic E-state index is 13.7. The van der Waals surface area contributed by atoms with E-state index in [1.807, 2.05) is 0 Å². The van der Waals surface area contributed by atoms with Crippen molar-refractivity contribution in [2.24, 2.45) is 0 Å². The number of nitrogens with zero attached hydrogens (tertiary/aromatic N) is 3. The Hall–Kier alpha value is -3.43. The standard InChI is InChI=1S/C25H27N3O5S/c1-33-23-10-7-9-22(18-23)27(34(31,32)24-11-3-2-4-12-24)21-14-16-26(17-15-21)19-20-8-5-6-13-25(20)28(29)30/h2-13,18,21H,14-17,19H2,1H3. The van der Waals surface area contributed by atoms with E-state index in [0.29, 0.717) is 49.5 Å². The van der Waals surface area contributed by atoms with Crippen molar-refractivity contribution in [3.63, 3.8) is 0 Å². The van der Waals surface area contributed by atoms with Crippen LogP contribution in [0.2, 0.25) is 0 Å². The minimum Gasteiger partial charge on any atom is -0.497 e. The van der Waals surface area contributed by atoms with Gasteiger partial charge in [0.05, 0.1) is 22.6 Å². The minimum absolute atomic E-state index is 0.106. The van der Waals surface area contributed by atoms with Gasteiger partial charge in [-0.15, -0.1) is 0 Å². The van der Waals surface area contributed by atoms with Gasteiger partial charge in [-0.25, -0.2) is 8.42 Å². The molecule has 4 rings (SSSR count). The highest BCUT2D eigenvalue weighted by molar-refractivity contribution is 7.92. The van der Waals surface area contributed by atoms with Crippen LogP contribution in [0.4, 0.5) is 11.4 Å². The number of hydrogen-bond acceptors (Lipinski definition) is 6. The number of nitro groups is 1. The normalized spacial score (nSPS) is 15.1. The van der Waals surface area contributed by atoms with Gasteiger partial charge in [-0.1, -0.05) is 42.5 Å². The van der Waals surface area contributed by atoms with E-state index < -0.39 is 10.0 Å². The maximum atomic E-state index is 13.7. The van der Waals surface area contributed by atoms with E-state index in [1.165, 1.54) is 10.4 Å². The van der Waals surface area contributed by atoms with E-state index in [2.05, 4.69) is 4.90 Å². The Morgan fingerprint density at radius 1 is 1.00 bits per heavy atom. The Bertz CT molecular complexity index is 1240. The van der Waals surface area contributed by atoms with Crippen molar-refractivity contribution in [2.45, 2.75) is 30.3 Å². The van der Waals surface area contributed by atoms with Crippen LogP contribution < -0.4 is 9.04 Å². The number of nitro benzene ring substituents is 1. The zero-order valence-electron chi connectivity index (χ0n) is 18.9. The van der Waals surface area contributed by atoms with Gasteiger partial charge in [-0.05, 0) is 37.1 Å². The summed E-state index contributed by atoms with van der Waals surface area (Å²) in [6.45, 7) is 1.71. The lowest BCUT2D eigenvalue weighted by molar-refractivity contribution is -0.385. The topological polar surface area (TPSA) is 93.0 Å². The van der Waals surface area contributed by atoms with Crippen LogP contribution in [0, 0.1) is 10.1 Å². The Labute approximate surface area is 199 Å². The van der Waals surface area contributed by atoms with Gasteiger partial charge in [0.15, 0.2) is 0 Å². The summed E-state index contributed by atoms with van der Waals surface area (Å²) in [4.78, 5) is 13.4. The first-order valence-electron chi connectivity index (χ1n) is 11.1. The number of hydrogen-bond donors (Lipinski definition) is 0. The molecule has 178 valence electrons. The summed E-state index contributed by atoms with van der Waals surface area (Å²) in [5.41, 5.74) is 1.32. The first kappa shape index (κ1) is 23.7. The average Bonchev–Trinajstić information content (AvgIpc) is 2.86. The lowest BCUT2D eigenvalue weighted by Crippen LogP contribution is -2.47. The fraction of sp³-hybridized carbons (Fsp3) is 0.280. The van der Waals surface area contributed by atoms with Crippen LogP contribution in [0.1, 0.15) is 18.4 Å². The highest BCUT2D eigenvalue weighted by Crippen LogP contribution is 2.33. The molecule has 0 aromatic heterocycles. The highest BCUT2D eigenvalue weighted by Gasteiger charge is 2.34. The van der Waals surface area contributed by atoms with Crippen LogP contribution >= 0.6 is 0 Å². The van der Waals surface area contributed by atoms with Crippen LogP contribution in [0.5, 0.6) is 5.75 Å². The molecule has 0 aliphatic carbocycles. The first-order valence-corrected chi connectivity index (χ1v) is 12.5. The summed E-state index contributed by atoms with van der Waals surface area (Å²) in [6, 6.07) is 22.0. The zero-order valence-corrected chi connectivity index (χ0v) is 19.7. The van der Waals surface area contributed by atoms with Gasteiger partial charge < -0.3 is 4.74 Å². The third-order valence-corrected chi connectivity index (χ3v) is 7.97. The molecule has 8 nitrogen and oxygen atoms in total. The van der Waals surface area contributed by atoms with Gasteiger partial charge in [-0.3, -0.25) is 19.3 Å². The molecule has 0 unspecified atom stereocenters. The van der Waals surface area contributed by atoms with Crippen molar-refractivity contribution in [3.8, 4) is 5.75 Å². The molecule has 3 aromatic rings. The maximum Gasteiger partial charge on any atom is 0.273 e. The molecule has 0 amide bonds. The Morgan fingerprint density at radius 3 is 2.35 bits per heavy atom. The van der Waals surface area contributed by atoms with Crippen molar-refractivity contribution >= 4 is 21.4 Å². The van der Waals surface area contributed by atoms with E-state index in [9.17, 15) is 18.5 Å².